The molecule has 0 bridgehead atoms. The van der Waals surface area contributed by atoms with Crippen LogP contribution in [0.2, 0.25) is 0 Å². The molecule has 0 amide bonds. The quantitative estimate of drug-likeness (QED) is 0.338. The summed E-state index contributed by atoms with van der Waals surface area (Å²) in [6.45, 7) is 2.88. The maximum atomic E-state index is 12.2. The van der Waals surface area contributed by atoms with Gasteiger partial charge in [0, 0.05) is 11.5 Å². The van der Waals surface area contributed by atoms with Gasteiger partial charge in [0.25, 0.3) is 0 Å². The molecule has 0 unspecified atom stereocenters. The second-order valence-electron chi connectivity index (χ2n) is 6.18. The zero-order chi connectivity index (χ0) is 19.6. The van der Waals surface area contributed by atoms with Crippen LogP contribution in [0.3, 0.4) is 0 Å². The Morgan fingerprint density at radius 3 is 2.36 bits per heavy atom. The Kier molecular flexibility index (Phi) is 7.56. The van der Waals surface area contributed by atoms with E-state index in [0.717, 1.165) is 28.4 Å². The van der Waals surface area contributed by atoms with Crippen LogP contribution < -0.4 is 4.74 Å². The molecule has 4 heteroatoms. The van der Waals surface area contributed by atoms with Crippen LogP contribution in [0.25, 0.3) is 11.1 Å². The molecule has 0 radical (unpaired) electrons. The fraction of sp³-hybridized carbons (Fsp3) is 0.208. The molecule has 0 aliphatic rings. The van der Waals surface area contributed by atoms with Gasteiger partial charge in [-0.25, -0.2) is 4.79 Å². The van der Waals surface area contributed by atoms with Crippen molar-refractivity contribution in [1.82, 2.24) is 0 Å². The van der Waals surface area contributed by atoms with Crippen molar-refractivity contribution in [3.05, 3.63) is 90.0 Å². The van der Waals surface area contributed by atoms with E-state index in [9.17, 15) is 4.79 Å². The molecule has 0 N–H and O–H groups in total. The Morgan fingerprint density at radius 1 is 0.893 bits per heavy atom. The van der Waals surface area contributed by atoms with Crippen LogP contribution in [0.15, 0.2) is 78.9 Å². The van der Waals surface area contributed by atoms with Crippen molar-refractivity contribution < 1.29 is 14.3 Å². The zero-order valence-electron chi connectivity index (χ0n) is 16.0. The van der Waals surface area contributed by atoms with Crippen molar-refractivity contribution in [1.29, 1.82) is 0 Å². The van der Waals surface area contributed by atoms with Gasteiger partial charge < -0.3 is 9.47 Å². The van der Waals surface area contributed by atoms with Gasteiger partial charge in [0.15, 0.2) is 0 Å². The highest BCUT2D eigenvalue weighted by Crippen LogP contribution is 2.25. The molecule has 144 valence electrons. The van der Waals surface area contributed by atoms with E-state index in [0.29, 0.717) is 18.8 Å². The minimum atomic E-state index is -0.281. The molecule has 3 nitrogen and oxygen atoms in total. The number of hydrogen-bond donors (Lipinski definition) is 0. The zero-order valence-corrected chi connectivity index (χ0v) is 16.8. The lowest BCUT2D eigenvalue weighted by Gasteiger charge is -2.10. The first-order valence-corrected chi connectivity index (χ1v) is 10.5. The predicted molar refractivity (Wildman–Crippen MR) is 116 cm³/mol. The largest absolute Gasteiger partial charge is 0.493 e. The fourth-order valence-corrected chi connectivity index (χ4v) is 3.60. The van der Waals surface area contributed by atoms with Crippen molar-refractivity contribution in [2.24, 2.45) is 0 Å². The number of hydrogen-bond acceptors (Lipinski definition) is 4. The first kappa shape index (κ1) is 20.0. The van der Waals surface area contributed by atoms with Crippen molar-refractivity contribution in [2.45, 2.75) is 12.7 Å². The lowest BCUT2D eigenvalue weighted by Crippen LogP contribution is -2.06. The summed E-state index contributed by atoms with van der Waals surface area (Å²) in [5.74, 6) is 2.49. The summed E-state index contributed by atoms with van der Waals surface area (Å²) in [4.78, 5) is 12.2. The molecule has 0 heterocycles. The van der Waals surface area contributed by atoms with Gasteiger partial charge in [-0.1, -0.05) is 60.7 Å². The van der Waals surface area contributed by atoms with Crippen LogP contribution in [0.5, 0.6) is 5.75 Å². The Bertz CT molecular complexity index is 876. The van der Waals surface area contributed by atoms with E-state index in [1.54, 1.807) is 0 Å². The minimum absolute atomic E-state index is 0.281. The van der Waals surface area contributed by atoms with E-state index in [1.807, 2.05) is 73.3 Å². The average Bonchev–Trinajstić information content (AvgIpc) is 2.75. The van der Waals surface area contributed by atoms with Crippen molar-refractivity contribution in [3.63, 3.8) is 0 Å². The molecular weight excluding hydrogens is 368 g/mol. The van der Waals surface area contributed by atoms with Gasteiger partial charge >= 0.3 is 5.97 Å². The number of carbonyl (C=O) groups is 1. The van der Waals surface area contributed by atoms with Crippen molar-refractivity contribution in [2.75, 3.05) is 19.0 Å². The van der Waals surface area contributed by atoms with E-state index in [4.69, 9.17) is 9.47 Å². The summed E-state index contributed by atoms with van der Waals surface area (Å²) in [6.07, 6.45) is 0. The Labute approximate surface area is 170 Å². The molecule has 28 heavy (non-hydrogen) atoms. The summed E-state index contributed by atoms with van der Waals surface area (Å²) in [5.41, 5.74) is 3.77. The lowest BCUT2D eigenvalue weighted by atomic mass is 9.99. The van der Waals surface area contributed by atoms with E-state index < -0.39 is 0 Å². The Balaban J connectivity index is 1.53. The summed E-state index contributed by atoms with van der Waals surface area (Å²) >= 11 is 1.84. The van der Waals surface area contributed by atoms with Crippen molar-refractivity contribution >= 4 is 17.7 Å². The van der Waals surface area contributed by atoms with Gasteiger partial charge in [-0.15, -0.1) is 0 Å². The number of para-hydroxylation sites is 1. The number of rotatable bonds is 9. The summed E-state index contributed by atoms with van der Waals surface area (Å²) < 4.78 is 10.9. The highest BCUT2D eigenvalue weighted by atomic mass is 32.2. The van der Waals surface area contributed by atoms with Gasteiger partial charge in [0.2, 0.25) is 0 Å². The SMILES string of the molecule is CCOC(=O)c1ccccc1-c1ccc(CSCCOc2ccccc2)cc1. The standard InChI is InChI=1S/C24H24O3S/c1-2-26-24(25)23-11-7-6-10-22(23)20-14-12-19(13-15-20)18-28-17-16-27-21-8-4-3-5-9-21/h3-15H,2,16-18H2,1H3. The number of thioether (sulfide) groups is 1. The van der Waals surface area contributed by atoms with Crippen LogP contribution >= 0.6 is 11.8 Å². The van der Waals surface area contributed by atoms with Crippen LogP contribution in [0, 0.1) is 0 Å². The third kappa shape index (κ3) is 5.64. The number of ether oxygens (including phenoxy) is 2. The number of esters is 1. The van der Waals surface area contributed by atoms with E-state index in [1.165, 1.54) is 5.56 Å². The maximum Gasteiger partial charge on any atom is 0.338 e. The van der Waals surface area contributed by atoms with Gasteiger partial charge in [-0.2, -0.15) is 11.8 Å². The minimum Gasteiger partial charge on any atom is -0.493 e. The maximum absolute atomic E-state index is 12.2. The molecular formula is C24H24O3S. The predicted octanol–water partition coefficient (Wildman–Crippen LogP) is 5.84. The highest BCUT2D eigenvalue weighted by molar-refractivity contribution is 7.98. The normalized spacial score (nSPS) is 10.5. The second-order valence-corrected chi connectivity index (χ2v) is 7.28. The van der Waals surface area contributed by atoms with E-state index >= 15 is 0 Å². The molecule has 0 saturated heterocycles. The molecule has 0 saturated carbocycles. The fourth-order valence-electron chi connectivity index (χ4n) is 2.83. The van der Waals surface area contributed by atoms with Crippen LogP contribution in [-0.4, -0.2) is 24.9 Å². The van der Waals surface area contributed by atoms with Gasteiger partial charge in [-0.05, 0) is 41.8 Å². The van der Waals surface area contributed by atoms with Crippen LogP contribution in [0.4, 0.5) is 0 Å². The molecule has 0 spiro atoms. The second kappa shape index (κ2) is 10.6. The molecule has 3 rings (SSSR count). The molecule has 0 fully saturated rings. The molecule has 3 aromatic rings. The van der Waals surface area contributed by atoms with Crippen molar-refractivity contribution in [3.8, 4) is 16.9 Å². The Hall–Kier alpha value is -2.72. The first-order chi connectivity index (χ1) is 13.8. The average molecular weight is 393 g/mol. The molecule has 3 aromatic carbocycles. The summed E-state index contributed by atoms with van der Waals surface area (Å²) in [5, 5.41) is 0. The van der Waals surface area contributed by atoms with Gasteiger partial charge in [0.1, 0.15) is 5.75 Å². The van der Waals surface area contributed by atoms with E-state index in [2.05, 4.69) is 24.3 Å². The molecule has 0 atom stereocenters. The highest BCUT2D eigenvalue weighted by Gasteiger charge is 2.13. The monoisotopic (exact) mass is 392 g/mol. The van der Waals surface area contributed by atoms with Crippen LogP contribution in [-0.2, 0) is 10.5 Å². The summed E-state index contributed by atoms with van der Waals surface area (Å²) in [7, 11) is 0. The van der Waals surface area contributed by atoms with E-state index in [-0.39, 0.29) is 5.97 Å². The number of benzene rings is 3. The van der Waals surface area contributed by atoms with Crippen LogP contribution in [0.1, 0.15) is 22.8 Å². The van der Waals surface area contributed by atoms with Gasteiger partial charge in [-0.3, -0.25) is 0 Å². The smallest absolute Gasteiger partial charge is 0.338 e. The lowest BCUT2D eigenvalue weighted by molar-refractivity contribution is 0.0527. The third-order valence-electron chi connectivity index (χ3n) is 4.20. The summed E-state index contributed by atoms with van der Waals surface area (Å²) in [6, 6.07) is 25.8. The third-order valence-corrected chi connectivity index (χ3v) is 5.19. The topological polar surface area (TPSA) is 35.5 Å². The Morgan fingerprint density at radius 2 is 1.61 bits per heavy atom. The number of carbonyl (C=O) groups excluding carboxylic acids is 1. The molecule has 0 aliphatic carbocycles. The van der Waals surface area contributed by atoms with Gasteiger partial charge in [0.05, 0.1) is 18.8 Å². The molecule has 0 aromatic heterocycles. The first-order valence-electron chi connectivity index (χ1n) is 9.39. The molecule has 0 aliphatic heterocycles.